The predicted molar refractivity (Wildman–Crippen MR) is 139 cm³/mol. The highest BCUT2D eigenvalue weighted by molar-refractivity contribution is 7.10. The summed E-state index contributed by atoms with van der Waals surface area (Å²) in [5, 5.41) is 13.1. The van der Waals surface area contributed by atoms with E-state index in [4.69, 9.17) is 14.2 Å². The Balaban J connectivity index is 1.35. The monoisotopic (exact) mass is 511 g/mol. The molecule has 1 unspecified atom stereocenters. The third-order valence-corrected chi connectivity index (χ3v) is 7.19. The van der Waals surface area contributed by atoms with Crippen LogP contribution in [0.1, 0.15) is 22.0 Å². The van der Waals surface area contributed by atoms with Gasteiger partial charge in [0.2, 0.25) is 6.79 Å². The number of anilines is 1. The van der Waals surface area contributed by atoms with Crippen molar-refractivity contribution in [2.24, 2.45) is 0 Å². The normalized spacial score (nSPS) is 17.8. The summed E-state index contributed by atoms with van der Waals surface area (Å²) in [4.78, 5) is 28.8. The summed E-state index contributed by atoms with van der Waals surface area (Å²) >= 11 is 1.41. The SMILES string of the molecule is O=C1C(=O)N(c2ccc(OCc3ccccc3)cc2)C(c2cccs2)/C1=C(/O)c1ccc2c(c1)OCO2. The van der Waals surface area contributed by atoms with Crippen molar-refractivity contribution in [2.45, 2.75) is 12.6 Å². The quantitative estimate of drug-likeness (QED) is 0.204. The van der Waals surface area contributed by atoms with Crippen molar-refractivity contribution >= 4 is 34.5 Å². The Labute approximate surface area is 216 Å². The van der Waals surface area contributed by atoms with Crippen LogP contribution in [0.25, 0.3) is 5.76 Å². The highest BCUT2D eigenvalue weighted by Gasteiger charge is 2.47. The van der Waals surface area contributed by atoms with Gasteiger partial charge < -0.3 is 19.3 Å². The summed E-state index contributed by atoms with van der Waals surface area (Å²) in [6, 6.07) is 24.7. The van der Waals surface area contributed by atoms with Gasteiger partial charge in [0.05, 0.1) is 5.57 Å². The average molecular weight is 512 g/mol. The third kappa shape index (κ3) is 4.21. The van der Waals surface area contributed by atoms with E-state index in [9.17, 15) is 14.7 Å². The second kappa shape index (κ2) is 9.48. The lowest BCUT2D eigenvalue weighted by atomic mass is 9.99. The number of fused-ring (bicyclic) bond motifs is 1. The summed E-state index contributed by atoms with van der Waals surface area (Å²) in [6.45, 7) is 0.500. The molecule has 1 saturated heterocycles. The van der Waals surface area contributed by atoms with Crippen LogP contribution >= 0.6 is 11.3 Å². The Kier molecular flexibility index (Phi) is 5.86. The minimum absolute atomic E-state index is 0.0238. The largest absolute Gasteiger partial charge is 0.507 e. The van der Waals surface area contributed by atoms with Gasteiger partial charge in [-0.05, 0) is 59.5 Å². The molecule has 1 fully saturated rings. The minimum Gasteiger partial charge on any atom is -0.507 e. The van der Waals surface area contributed by atoms with Crippen molar-refractivity contribution in [1.29, 1.82) is 0 Å². The number of aliphatic hydroxyl groups excluding tert-OH is 1. The first-order chi connectivity index (χ1) is 18.1. The fourth-order valence-electron chi connectivity index (χ4n) is 4.46. The molecular formula is C29H21NO6S. The summed E-state index contributed by atoms with van der Waals surface area (Å²) < 4.78 is 16.6. The second-order valence-electron chi connectivity index (χ2n) is 8.52. The molecule has 1 atom stereocenters. The Morgan fingerprint density at radius 2 is 1.73 bits per heavy atom. The maximum atomic E-state index is 13.3. The van der Waals surface area contributed by atoms with E-state index in [0.29, 0.717) is 35.1 Å². The number of nitrogens with zero attached hydrogens (tertiary/aromatic N) is 1. The lowest BCUT2D eigenvalue weighted by molar-refractivity contribution is -0.132. The van der Waals surface area contributed by atoms with Crippen LogP contribution in [-0.2, 0) is 16.2 Å². The molecule has 2 aliphatic heterocycles. The first kappa shape index (κ1) is 22.9. The molecular weight excluding hydrogens is 490 g/mol. The van der Waals surface area contributed by atoms with Gasteiger partial charge in [0, 0.05) is 16.1 Å². The van der Waals surface area contributed by atoms with Gasteiger partial charge in [-0.2, -0.15) is 0 Å². The number of aliphatic hydroxyl groups is 1. The number of hydrogen-bond acceptors (Lipinski definition) is 7. The van der Waals surface area contributed by atoms with Crippen LogP contribution in [0, 0.1) is 0 Å². The number of ether oxygens (including phenoxy) is 3. The molecule has 0 saturated carbocycles. The third-order valence-electron chi connectivity index (χ3n) is 6.27. The number of carbonyl (C=O) groups excluding carboxylic acids is 2. The Bertz CT molecular complexity index is 1500. The zero-order valence-corrected chi connectivity index (χ0v) is 20.3. The molecule has 0 spiro atoms. The molecule has 6 rings (SSSR count). The molecule has 2 aliphatic rings. The molecule has 0 aliphatic carbocycles. The van der Waals surface area contributed by atoms with E-state index in [0.717, 1.165) is 10.4 Å². The molecule has 184 valence electrons. The summed E-state index contributed by atoms with van der Waals surface area (Å²) in [5.74, 6) is -0.0624. The van der Waals surface area contributed by atoms with Crippen molar-refractivity contribution in [3.8, 4) is 17.2 Å². The van der Waals surface area contributed by atoms with Gasteiger partial charge in [-0.15, -0.1) is 11.3 Å². The predicted octanol–water partition coefficient (Wildman–Crippen LogP) is 5.68. The molecule has 1 amide bonds. The molecule has 37 heavy (non-hydrogen) atoms. The number of rotatable bonds is 6. The molecule has 3 aromatic carbocycles. The van der Waals surface area contributed by atoms with Crippen molar-refractivity contribution in [3.05, 3.63) is 112 Å². The van der Waals surface area contributed by atoms with E-state index in [-0.39, 0.29) is 18.1 Å². The fraction of sp³-hybridized carbons (Fsp3) is 0.103. The van der Waals surface area contributed by atoms with Crippen LogP contribution in [-0.4, -0.2) is 23.6 Å². The lowest BCUT2D eigenvalue weighted by Crippen LogP contribution is -2.29. The number of carbonyl (C=O) groups is 2. The summed E-state index contributed by atoms with van der Waals surface area (Å²) in [5.41, 5.74) is 1.96. The van der Waals surface area contributed by atoms with Crippen molar-refractivity contribution in [1.82, 2.24) is 0 Å². The minimum atomic E-state index is -0.776. The highest BCUT2D eigenvalue weighted by Crippen LogP contribution is 2.44. The highest BCUT2D eigenvalue weighted by atomic mass is 32.1. The van der Waals surface area contributed by atoms with Crippen LogP contribution in [0.5, 0.6) is 17.2 Å². The van der Waals surface area contributed by atoms with E-state index in [1.54, 1.807) is 42.5 Å². The number of Topliss-reactive ketones (excluding diaryl/α,β-unsaturated/α-hetero) is 1. The summed E-state index contributed by atoms with van der Waals surface area (Å²) in [7, 11) is 0. The van der Waals surface area contributed by atoms with E-state index in [1.165, 1.54) is 16.2 Å². The molecule has 7 nitrogen and oxygen atoms in total. The molecule has 1 N–H and O–H groups in total. The van der Waals surface area contributed by atoms with Gasteiger partial charge in [0.15, 0.2) is 11.5 Å². The Morgan fingerprint density at radius 3 is 2.49 bits per heavy atom. The maximum Gasteiger partial charge on any atom is 0.300 e. The van der Waals surface area contributed by atoms with E-state index < -0.39 is 17.7 Å². The van der Waals surface area contributed by atoms with Crippen LogP contribution in [0.3, 0.4) is 0 Å². The smallest absolute Gasteiger partial charge is 0.300 e. The molecule has 1 aromatic heterocycles. The number of benzene rings is 3. The standard InChI is InChI=1S/C29H21NO6S/c31-27(19-8-13-22-23(15-19)36-17-35-22)25-26(24-7-4-14-37-24)30(29(33)28(25)32)20-9-11-21(12-10-20)34-16-18-5-2-1-3-6-18/h1-15,26,31H,16-17H2/b27-25-. The lowest BCUT2D eigenvalue weighted by Gasteiger charge is -2.24. The first-order valence-corrected chi connectivity index (χ1v) is 12.5. The molecule has 0 radical (unpaired) electrons. The van der Waals surface area contributed by atoms with Crippen molar-refractivity contribution < 1.29 is 28.9 Å². The number of thiophene rings is 1. The van der Waals surface area contributed by atoms with Crippen LogP contribution < -0.4 is 19.1 Å². The summed E-state index contributed by atoms with van der Waals surface area (Å²) in [6.07, 6.45) is 0. The number of amides is 1. The van der Waals surface area contributed by atoms with Gasteiger partial charge in [-0.3, -0.25) is 14.5 Å². The topological polar surface area (TPSA) is 85.3 Å². The maximum absolute atomic E-state index is 13.3. The molecule has 4 aromatic rings. The van der Waals surface area contributed by atoms with Crippen LogP contribution in [0.15, 0.2) is 95.9 Å². The van der Waals surface area contributed by atoms with Crippen molar-refractivity contribution in [2.75, 3.05) is 11.7 Å². The molecule has 3 heterocycles. The Morgan fingerprint density at radius 1 is 0.946 bits per heavy atom. The van der Waals surface area contributed by atoms with E-state index >= 15 is 0 Å². The number of hydrogen-bond donors (Lipinski definition) is 1. The fourth-order valence-corrected chi connectivity index (χ4v) is 5.28. The zero-order chi connectivity index (χ0) is 25.4. The van der Waals surface area contributed by atoms with Gasteiger partial charge in [0.1, 0.15) is 24.2 Å². The van der Waals surface area contributed by atoms with E-state index in [1.807, 2.05) is 47.8 Å². The zero-order valence-electron chi connectivity index (χ0n) is 19.5. The second-order valence-corrected chi connectivity index (χ2v) is 9.50. The van der Waals surface area contributed by atoms with Crippen LogP contribution in [0.2, 0.25) is 0 Å². The van der Waals surface area contributed by atoms with Gasteiger partial charge in [-0.1, -0.05) is 36.4 Å². The Hall–Kier alpha value is -4.56. The van der Waals surface area contributed by atoms with Gasteiger partial charge in [-0.25, -0.2) is 0 Å². The van der Waals surface area contributed by atoms with Gasteiger partial charge >= 0.3 is 0 Å². The van der Waals surface area contributed by atoms with Crippen molar-refractivity contribution in [3.63, 3.8) is 0 Å². The van der Waals surface area contributed by atoms with Gasteiger partial charge in [0.25, 0.3) is 11.7 Å². The molecule has 0 bridgehead atoms. The van der Waals surface area contributed by atoms with Crippen LogP contribution in [0.4, 0.5) is 5.69 Å². The average Bonchev–Trinajstić information content (AvgIpc) is 3.68. The first-order valence-electron chi connectivity index (χ1n) is 11.6. The number of ketones is 1. The van der Waals surface area contributed by atoms with E-state index in [2.05, 4.69) is 0 Å². The molecule has 8 heteroatoms.